The summed E-state index contributed by atoms with van der Waals surface area (Å²) in [4.78, 5) is 26.3. The van der Waals surface area contributed by atoms with Crippen molar-refractivity contribution in [3.8, 4) is 0 Å². The highest BCUT2D eigenvalue weighted by Crippen LogP contribution is 2.23. The largest absolute Gasteiger partial charge is 0.444 e. The quantitative estimate of drug-likeness (QED) is 0.717. The van der Waals surface area contributed by atoms with Gasteiger partial charge in [0.1, 0.15) is 5.60 Å². The van der Waals surface area contributed by atoms with Crippen molar-refractivity contribution in [1.82, 2.24) is 19.9 Å². The Morgan fingerprint density at radius 1 is 1.30 bits per heavy atom. The molecule has 0 saturated heterocycles. The summed E-state index contributed by atoms with van der Waals surface area (Å²) in [7, 11) is 0. The number of ether oxygens (including phenoxy) is 1. The number of hydrogen-bond donors (Lipinski definition) is 2. The maximum absolute atomic E-state index is 12.3. The molecule has 0 atom stereocenters. The Bertz CT molecular complexity index is 989. The first-order valence-corrected chi connectivity index (χ1v) is 9.04. The van der Waals surface area contributed by atoms with Crippen molar-refractivity contribution in [1.29, 1.82) is 0 Å². The highest BCUT2D eigenvalue weighted by Gasteiger charge is 2.26. The molecule has 0 aliphatic carbocycles. The average Bonchev–Trinajstić information content (AvgIpc) is 3.07. The summed E-state index contributed by atoms with van der Waals surface area (Å²) in [5.74, 6) is 0.519. The molecule has 27 heavy (non-hydrogen) atoms. The Kier molecular flexibility index (Phi) is 4.22. The molecule has 1 aliphatic rings. The molecular weight excluding hydrogens is 342 g/mol. The zero-order valence-electron chi connectivity index (χ0n) is 15.7. The molecule has 0 saturated carbocycles. The first kappa shape index (κ1) is 17.3. The number of hydrogen-bond acceptors (Lipinski definition) is 5. The topological polar surface area (TPSA) is 83.1 Å². The zero-order valence-corrected chi connectivity index (χ0v) is 15.7. The summed E-state index contributed by atoms with van der Waals surface area (Å²) in [6.45, 7) is 6.65. The maximum atomic E-state index is 12.3. The van der Waals surface area contributed by atoms with Crippen LogP contribution in [0, 0.1) is 0 Å². The molecule has 2 aromatic heterocycles. The van der Waals surface area contributed by atoms with E-state index in [1.165, 1.54) is 0 Å². The van der Waals surface area contributed by atoms with Crippen LogP contribution >= 0.6 is 0 Å². The van der Waals surface area contributed by atoms with Crippen molar-refractivity contribution in [2.45, 2.75) is 39.3 Å². The molecule has 2 N–H and O–H groups in total. The Labute approximate surface area is 157 Å². The van der Waals surface area contributed by atoms with Crippen molar-refractivity contribution < 1.29 is 9.53 Å². The van der Waals surface area contributed by atoms with E-state index in [0.717, 1.165) is 34.3 Å². The van der Waals surface area contributed by atoms with E-state index in [1.807, 2.05) is 57.4 Å². The Morgan fingerprint density at radius 2 is 2.15 bits per heavy atom. The zero-order chi connectivity index (χ0) is 19.0. The van der Waals surface area contributed by atoms with Crippen LogP contribution in [0.1, 0.15) is 32.0 Å². The van der Waals surface area contributed by atoms with Gasteiger partial charge in [0.05, 0.1) is 12.2 Å². The summed E-state index contributed by atoms with van der Waals surface area (Å²) in [5.41, 5.74) is 3.37. The summed E-state index contributed by atoms with van der Waals surface area (Å²) < 4.78 is 5.48. The fourth-order valence-corrected chi connectivity index (χ4v) is 3.10. The molecule has 1 aromatic carbocycles. The number of carbonyl (C=O) groups excluding carboxylic acids is 1. The van der Waals surface area contributed by atoms with E-state index in [1.54, 1.807) is 4.90 Å². The fourth-order valence-electron chi connectivity index (χ4n) is 3.10. The molecule has 3 heterocycles. The first-order chi connectivity index (χ1) is 12.9. The van der Waals surface area contributed by atoms with Crippen LogP contribution in [0.5, 0.6) is 0 Å². The van der Waals surface area contributed by atoms with Gasteiger partial charge in [-0.1, -0.05) is 6.07 Å². The van der Waals surface area contributed by atoms with Gasteiger partial charge in [-0.2, -0.15) is 0 Å². The molecule has 7 nitrogen and oxygen atoms in total. The minimum atomic E-state index is -0.508. The van der Waals surface area contributed by atoms with Gasteiger partial charge in [0.25, 0.3) is 0 Å². The van der Waals surface area contributed by atoms with E-state index < -0.39 is 5.60 Å². The number of nitrogens with zero attached hydrogens (tertiary/aromatic N) is 3. The molecule has 4 rings (SSSR count). The number of anilines is 2. The number of H-pyrrole nitrogens is 1. The number of aromatic nitrogens is 3. The van der Waals surface area contributed by atoms with E-state index in [-0.39, 0.29) is 6.09 Å². The number of fused-ring (bicyclic) bond motifs is 2. The lowest BCUT2D eigenvalue weighted by Gasteiger charge is -2.30. The molecular formula is C20H23N5O2. The lowest BCUT2D eigenvalue weighted by atomic mass is 10.1. The van der Waals surface area contributed by atoms with Crippen LogP contribution in [0.3, 0.4) is 0 Å². The van der Waals surface area contributed by atoms with E-state index in [0.29, 0.717) is 19.0 Å². The number of benzene rings is 1. The number of carbonyl (C=O) groups is 1. The standard InChI is InChI=1S/C20H23N5O2/c1-20(2,3)27-19(26)25-9-7-14-11-22-18(24-17(14)12-25)23-15-5-4-13-6-8-21-16(13)10-15/h4-6,8,10-11,21H,7,9,12H2,1-3H3,(H,22,23,24). The molecule has 0 bridgehead atoms. The normalized spacial score (nSPS) is 14.1. The van der Waals surface area contributed by atoms with Crippen LogP contribution in [-0.4, -0.2) is 38.1 Å². The van der Waals surface area contributed by atoms with Gasteiger partial charge in [-0.15, -0.1) is 0 Å². The Hall–Kier alpha value is -3.09. The Balaban J connectivity index is 1.51. The first-order valence-electron chi connectivity index (χ1n) is 9.04. The van der Waals surface area contributed by atoms with Gasteiger partial charge < -0.3 is 19.9 Å². The number of aromatic amines is 1. The molecule has 7 heteroatoms. The molecule has 1 amide bonds. The van der Waals surface area contributed by atoms with Crippen molar-refractivity contribution in [2.24, 2.45) is 0 Å². The van der Waals surface area contributed by atoms with E-state index in [4.69, 9.17) is 4.74 Å². The predicted octanol–water partition coefficient (Wildman–Crippen LogP) is 3.99. The van der Waals surface area contributed by atoms with Crippen LogP contribution in [0.2, 0.25) is 0 Å². The van der Waals surface area contributed by atoms with E-state index >= 15 is 0 Å². The third kappa shape index (κ3) is 3.86. The highest BCUT2D eigenvalue weighted by molar-refractivity contribution is 5.83. The second-order valence-electron chi connectivity index (χ2n) is 7.72. The molecule has 0 radical (unpaired) electrons. The van der Waals surface area contributed by atoms with Gasteiger partial charge in [-0.25, -0.2) is 14.8 Å². The van der Waals surface area contributed by atoms with Gasteiger partial charge in [0, 0.05) is 30.1 Å². The van der Waals surface area contributed by atoms with Crippen molar-refractivity contribution >= 4 is 28.6 Å². The van der Waals surface area contributed by atoms with Crippen LogP contribution < -0.4 is 5.32 Å². The van der Waals surface area contributed by atoms with Gasteiger partial charge in [0.15, 0.2) is 0 Å². The summed E-state index contributed by atoms with van der Waals surface area (Å²) >= 11 is 0. The molecule has 1 aliphatic heterocycles. The predicted molar refractivity (Wildman–Crippen MR) is 104 cm³/mol. The minimum absolute atomic E-state index is 0.307. The van der Waals surface area contributed by atoms with Gasteiger partial charge >= 0.3 is 6.09 Å². The monoisotopic (exact) mass is 365 g/mol. The molecule has 0 fully saturated rings. The number of rotatable bonds is 2. The Morgan fingerprint density at radius 3 is 2.96 bits per heavy atom. The van der Waals surface area contributed by atoms with Crippen LogP contribution in [0.25, 0.3) is 10.9 Å². The third-order valence-electron chi connectivity index (χ3n) is 4.41. The molecule has 3 aromatic rings. The van der Waals surface area contributed by atoms with Crippen LogP contribution in [0.15, 0.2) is 36.7 Å². The van der Waals surface area contributed by atoms with Gasteiger partial charge in [-0.3, -0.25) is 0 Å². The number of amides is 1. The fraction of sp³-hybridized carbons (Fsp3) is 0.350. The maximum Gasteiger partial charge on any atom is 0.410 e. The van der Waals surface area contributed by atoms with Gasteiger partial charge in [-0.05, 0) is 56.3 Å². The molecule has 140 valence electrons. The van der Waals surface area contributed by atoms with E-state index in [2.05, 4.69) is 20.3 Å². The smallest absolute Gasteiger partial charge is 0.410 e. The van der Waals surface area contributed by atoms with Crippen molar-refractivity contribution in [2.75, 3.05) is 11.9 Å². The molecule has 0 spiro atoms. The van der Waals surface area contributed by atoms with Crippen molar-refractivity contribution in [3.05, 3.63) is 47.9 Å². The third-order valence-corrected chi connectivity index (χ3v) is 4.41. The van der Waals surface area contributed by atoms with Crippen LogP contribution in [-0.2, 0) is 17.7 Å². The van der Waals surface area contributed by atoms with Gasteiger partial charge in [0.2, 0.25) is 5.95 Å². The summed E-state index contributed by atoms with van der Waals surface area (Å²) in [6.07, 6.45) is 4.17. The second-order valence-corrected chi connectivity index (χ2v) is 7.72. The summed E-state index contributed by atoms with van der Waals surface area (Å²) in [5, 5.41) is 4.39. The SMILES string of the molecule is CC(C)(C)OC(=O)N1CCc2cnc(Nc3ccc4cc[nH]c4c3)nc2C1. The average molecular weight is 365 g/mol. The highest BCUT2D eigenvalue weighted by atomic mass is 16.6. The van der Waals surface area contributed by atoms with Crippen LogP contribution in [0.4, 0.5) is 16.4 Å². The molecule has 0 unspecified atom stereocenters. The lowest BCUT2D eigenvalue weighted by Crippen LogP contribution is -2.40. The second kappa shape index (κ2) is 6.57. The van der Waals surface area contributed by atoms with Crippen molar-refractivity contribution in [3.63, 3.8) is 0 Å². The lowest BCUT2D eigenvalue weighted by molar-refractivity contribution is 0.0220. The summed E-state index contributed by atoms with van der Waals surface area (Å²) in [6, 6.07) is 8.08. The minimum Gasteiger partial charge on any atom is -0.444 e. The van der Waals surface area contributed by atoms with E-state index in [9.17, 15) is 4.79 Å². The number of nitrogens with one attached hydrogen (secondary N) is 2.